The monoisotopic (exact) mass is 804 g/mol. The molecule has 0 spiro atoms. The Kier molecular flexibility index (Phi) is 9.36. The van der Waals surface area contributed by atoms with Gasteiger partial charge in [0.2, 0.25) is 0 Å². The van der Waals surface area contributed by atoms with Crippen LogP contribution in [0.4, 0.5) is 17.6 Å². The molecule has 0 amide bonds. The number of nitrogens with one attached hydrogen (secondary N) is 1. The number of benzene rings is 4. The Morgan fingerprint density at radius 2 is 0.864 bits per heavy atom. The highest BCUT2D eigenvalue weighted by molar-refractivity contribution is 6.34. The summed E-state index contributed by atoms with van der Waals surface area (Å²) >= 11 is 5.44. The first kappa shape index (κ1) is 38.2. The van der Waals surface area contributed by atoms with Gasteiger partial charge in [-0.3, -0.25) is 4.99 Å². The quantitative estimate of drug-likeness (QED) is 0.131. The number of aromatic amines is 1. The largest absolute Gasteiger partial charge is 0.385 e. The van der Waals surface area contributed by atoms with Crippen molar-refractivity contribution < 1.29 is 17.6 Å². The molecule has 59 heavy (non-hydrogen) atoms. The van der Waals surface area contributed by atoms with E-state index in [1.807, 2.05) is 125 Å². The second kappa shape index (κ2) is 14.5. The first-order chi connectivity index (χ1) is 28.3. The summed E-state index contributed by atoms with van der Waals surface area (Å²) in [6.45, 7) is 7.83. The van der Waals surface area contributed by atoms with Crippen molar-refractivity contribution in [3.63, 3.8) is 0 Å². The van der Waals surface area contributed by atoms with E-state index in [2.05, 4.69) is 9.98 Å². The van der Waals surface area contributed by atoms with Crippen molar-refractivity contribution in [3.05, 3.63) is 212 Å². The van der Waals surface area contributed by atoms with Crippen molar-refractivity contribution in [1.29, 1.82) is 0 Å². The molecular weight excluding hydrogens is 768 g/mol. The molecule has 0 fully saturated rings. The predicted molar refractivity (Wildman–Crippen MR) is 232 cm³/mol. The Labute approximate surface area is 344 Å². The molecule has 1 N–H and O–H groups in total. The lowest BCUT2D eigenvalue weighted by atomic mass is 9.78. The molecule has 4 aliphatic rings. The van der Waals surface area contributed by atoms with Crippen molar-refractivity contribution >= 4 is 51.0 Å². The van der Waals surface area contributed by atoms with E-state index in [9.17, 15) is 0 Å². The molecule has 5 heterocycles. The molecule has 5 aromatic rings. The summed E-state index contributed by atoms with van der Waals surface area (Å²) in [5, 5.41) is -3.44. The second-order valence-corrected chi connectivity index (χ2v) is 15.8. The number of aromatic nitrogens is 1. The zero-order chi connectivity index (χ0) is 41.2. The third kappa shape index (κ3) is 6.81. The average Bonchev–Trinajstić information content (AvgIpc) is 4.04. The summed E-state index contributed by atoms with van der Waals surface area (Å²) in [5.41, 5.74) is 9.92. The highest BCUT2D eigenvalue weighted by Crippen LogP contribution is 2.53. The maximum absolute atomic E-state index is 16.9. The Bertz CT molecular complexity index is 2740. The summed E-state index contributed by atoms with van der Waals surface area (Å²) < 4.78 is 64.6. The number of halogens is 5. The van der Waals surface area contributed by atoms with Gasteiger partial charge in [-0.15, -0.1) is 0 Å². The SMILES string of the molecule is Cc1ccc(C2=C3C=CC(=N3)C(c3ccc(C)cc3)=c3ccc([nH]3)=C(c3ccc(C)cc3)C3=NC(=C(c4ccc(C)cc4)C4=NC=C2C4C(F)(F)C(F)(F)Cl)C=C3)cc1. The minimum Gasteiger partial charge on any atom is -0.354 e. The van der Waals surface area contributed by atoms with Gasteiger partial charge >= 0.3 is 11.3 Å². The van der Waals surface area contributed by atoms with Gasteiger partial charge in [0.05, 0.1) is 28.5 Å². The normalized spacial score (nSPS) is 17.8. The lowest BCUT2D eigenvalue weighted by Crippen LogP contribution is -2.46. The molecule has 0 saturated heterocycles. The number of rotatable bonds is 6. The van der Waals surface area contributed by atoms with Crippen LogP contribution in [0, 0.1) is 33.6 Å². The molecule has 1 unspecified atom stereocenters. The summed E-state index contributed by atoms with van der Waals surface area (Å²) in [6, 6.07) is 34.6. The van der Waals surface area contributed by atoms with Crippen molar-refractivity contribution in [1.82, 2.24) is 4.98 Å². The van der Waals surface area contributed by atoms with Crippen molar-refractivity contribution in [2.75, 3.05) is 0 Å². The second-order valence-electron chi connectivity index (χ2n) is 15.3. The van der Waals surface area contributed by atoms with Gasteiger partial charge in [-0.2, -0.15) is 17.6 Å². The van der Waals surface area contributed by atoms with Gasteiger partial charge < -0.3 is 4.98 Å². The summed E-state index contributed by atoms with van der Waals surface area (Å²) in [4.78, 5) is 18.6. The molecule has 292 valence electrons. The van der Waals surface area contributed by atoms with E-state index >= 15 is 17.6 Å². The maximum atomic E-state index is 16.9. The molecule has 0 saturated carbocycles. The smallest absolute Gasteiger partial charge is 0.354 e. The fourth-order valence-corrected chi connectivity index (χ4v) is 8.11. The molecule has 9 rings (SSSR count). The Balaban J connectivity index is 1.44. The number of alkyl halides is 5. The fourth-order valence-electron chi connectivity index (χ4n) is 8.00. The van der Waals surface area contributed by atoms with Crippen LogP contribution in [0.5, 0.6) is 0 Å². The van der Waals surface area contributed by atoms with E-state index in [1.165, 1.54) is 6.20 Å². The zero-order valence-electron chi connectivity index (χ0n) is 32.6. The summed E-state index contributed by atoms with van der Waals surface area (Å²) in [5.74, 6) is -7.13. The van der Waals surface area contributed by atoms with Gasteiger partial charge in [0.25, 0.3) is 0 Å². The van der Waals surface area contributed by atoms with Gasteiger partial charge in [0.1, 0.15) is 5.92 Å². The van der Waals surface area contributed by atoms with E-state index in [1.54, 1.807) is 36.4 Å². The van der Waals surface area contributed by atoms with Crippen LogP contribution in [0.3, 0.4) is 0 Å². The van der Waals surface area contributed by atoms with Crippen molar-refractivity contribution in [2.45, 2.75) is 39.0 Å². The highest BCUT2D eigenvalue weighted by Gasteiger charge is 2.64. The van der Waals surface area contributed by atoms with Crippen molar-refractivity contribution in [2.24, 2.45) is 20.9 Å². The summed E-state index contributed by atoms with van der Waals surface area (Å²) in [7, 11) is 0. The molecule has 0 aliphatic carbocycles. The standard InChI is InChI=1S/C50H37ClF4N4/c1-28-5-13-32(14-6-28)43-36-27-56-48(47(36)49(52,53)50(51,54)55)46(35-19-11-31(4)12-20-35)42-26-25-41(59-42)45(34-17-9-30(3)10-18-34)40-24-23-39(58-40)44(38-22-21-37(43)57-38)33-15-7-29(2)8-16-33/h5-27,47,58H,1-4H3. The zero-order valence-corrected chi connectivity index (χ0v) is 33.3. The number of H-pyrrole nitrogens is 1. The number of nitrogens with zero attached hydrogens (tertiary/aromatic N) is 3. The van der Waals surface area contributed by atoms with Crippen LogP contribution >= 0.6 is 11.6 Å². The van der Waals surface area contributed by atoms with E-state index in [-0.39, 0.29) is 28.1 Å². The van der Waals surface area contributed by atoms with Crippen LogP contribution in [0.15, 0.2) is 172 Å². The number of fused-ring (bicyclic) bond motifs is 6. The average molecular weight is 805 g/mol. The van der Waals surface area contributed by atoms with Gasteiger partial charge in [0, 0.05) is 39.2 Å². The molecule has 4 aromatic carbocycles. The minimum atomic E-state index is -4.96. The van der Waals surface area contributed by atoms with Gasteiger partial charge in [-0.25, -0.2) is 9.98 Å². The molecule has 1 atom stereocenters. The minimum absolute atomic E-state index is 0.145. The van der Waals surface area contributed by atoms with Crippen LogP contribution in [-0.2, 0) is 0 Å². The molecule has 9 heteroatoms. The summed E-state index contributed by atoms with van der Waals surface area (Å²) in [6.07, 6.45) is 8.39. The van der Waals surface area contributed by atoms with E-state index < -0.39 is 17.2 Å². The number of hydrogen-bond acceptors (Lipinski definition) is 3. The van der Waals surface area contributed by atoms with Crippen LogP contribution < -0.4 is 10.7 Å². The van der Waals surface area contributed by atoms with Gasteiger partial charge in [-0.05, 0) is 104 Å². The van der Waals surface area contributed by atoms with Gasteiger partial charge in [-0.1, -0.05) is 119 Å². The lowest BCUT2D eigenvalue weighted by Gasteiger charge is -2.32. The van der Waals surface area contributed by atoms with E-state index in [4.69, 9.17) is 21.6 Å². The van der Waals surface area contributed by atoms with E-state index in [0.717, 1.165) is 55.2 Å². The number of aryl methyl sites for hydroxylation is 4. The van der Waals surface area contributed by atoms with Crippen molar-refractivity contribution in [3.8, 4) is 0 Å². The molecule has 1 aromatic heterocycles. The molecule has 4 nitrogen and oxygen atoms in total. The molecule has 8 bridgehead atoms. The molecule has 0 radical (unpaired) electrons. The van der Waals surface area contributed by atoms with Crippen LogP contribution in [0.25, 0.3) is 22.3 Å². The topological polar surface area (TPSA) is 52.9 Å². The highest BCUT2D eigenvalue weighted by atomic mass is 35.5. The van der Waals surface area contributed by atoms with Crippen LogP contribution in [-0.4, -0.2) is 33.4 Å². The number of aliphatic imine (C=N–C) groups is 3. The van der Waals surface area contributed by atoms with Gasteiger partial charge in [0.15, 0.2) is 0 Å². The molecule has 4 aliphatic heterocycles. The first-order valence-corrected chi connectivity index (χ1v) is 19.6. The van der Waals surface area contributed by atoms with Crippen LogP contribution in [0.1, 0.15) is 44.5 Å². The first-order valence-electron chi connectivity index (χ1n) is 19.2. The number of hydrogen-bond donors (Lipinski definition) is 1. The molecular formula is C50H37ClF4N4. The van der Waals surface area contributed by atoms with Crippen LogP contribution in [0.2, 0.25) is 0 Å². The number of allylic oxidation sites excluding steroid dienone is 7. The lowest BCUT2D eigenvalue weighted by molar-refractivity contribution is -0.168. The Hall–Kier alpha value is -6.38. The third-order valence-corrected chi connectivity index (χ3v) is 11.4. The van der Waals surface area contributed by atoms with E-state index in [0.29, 0.717) is 28.2 Å². The Morgan fingerprint density at radius 1 is 0.492 bits per heavy atom. The predicted octanol–water partition coefficient (Wildman–Crippen LogP) is 10.9. The maximum Gasteiger partial charge on any atom is 0.385 e. The Morgan fingerprint density at radius 3 is 1.27 bits per heavy atom. The fraction of sp³-hybridized carbons (Fsp3) is 0.140. The third-order valence-electron chi connectivity index (χ3n) is 11.1.